The first-order valence-electron chi connectivity index (χ1n) is 10.3. The molecule has 2 aromatic rings. The van der Waals surface area contributed by atoms with Crippen molar-refractivity contribution in [3.63, 3.8) is 0 Å². The number of hydrogen-bond donors (Lipinski definition) is 1. The molecule has 3 rings (SSSR count). The van der Waals surface area contributed by atoms with Crippen molar-refractivity contribution in [1.29, 1.82) is 0 Å². The summed E-state index contributed by atoms with van der Waals surface area (Å²) in [7, 11) is 3.31. The molecule has 1 fully saturated rings. The minimum absolute atomic E-state index is 0.0206. The van der Waals surface area contributed by atoms with Gasteiger partial charge in [0, 0.05) is 27.0 Å². The van der Waals surface area contributed by atoms with E-state index in [0.29, 0.717) is 18.6 Å². The van der Waals surface area contributed by atoms with Crippen LogP contribution in [0.25, 0.3) is 11.1 Å². The Morgan fingerprint density at radius 1 is 1.23 bits per heavy atom. The molecule has 6 heteroatoms. The van der Waals surface area contributed by atoms with Crippen LogP contribution >= 0.6 is 0 Å². The average Bonchev–Trinajstić information content (AvgIpc) is 2.72. The topological polar surface area (TPSA) is 56.8 Å². The lowest BCUT2D eigenvalue weighted by molar-refractivity contribution is -0.233. The largest absolute Gasteiger partial charge is 0.465 e. The second-order valence-corrected chi connectivity index (χ2v) is 8.07. The number of aryl methyl sites for hydroxylation is 1. The number of hydrogen-bond acceptors (Lipinski definition) is 4. The van der Waals surface area contributed by atoms with Crippen molar-refractivity contribution in [2.24, 2.45) is 0 Å². The number of methoxy groups -OCH3 is 1. The van der Waals surface area contributed by atoms with Gasteiger partial charge in [0.05, 0.1) is 11.7 Å². The van der Waals surface area contributed by atoms with Gasteiger partial charge in [-0.25, -0.2) is 4.39 Å². The van der Waals surface area contributed by atoms with Crippen LogP contribution in [0.15, 0.2) is 42.5 Å². The van der Waals surface area contributed by atoms with Crippen molar-refractivity contribution < 1.29 is 23.4 Å². The maximum Gasteiger partial charge on any atom is 0.220 e. The molecular weight excluding hydrogens is 385 g/mol. The number of ether oxygens (including phenoxy) is 3. The Hall–Kier alpha value is -2.44. The van der Waals surface area contributed by atoms with E-state index in [-0.39, 0.29) is 24.1 Å². The van der Waals surface area contributed by atoms with Gasteiger partial charge in [0.25, 0.3) is 0 Å². The quantitative estimate of drug-likeness (QED) is 0.724. The SMILES string of the molecule is CNC(=O)CCc1ccc(OC2CCC(OC)C(C)(C)O2)cc1-c1cccc(F)c1. The zero-order chi connectivity index (χ0) is 21.7. The minimum Gasteiger partial charge on any atom is -0.465 e. The highest BCUT2D eigenvalue weighted by Crippen LogP contribution is 2.34. The number of amides is 1. The zero-order valence-electron chi connectivity index (χ0n) is 18.0. The third kappa shape index (κ3) is 5.37. The molecular formula is C24H30FNO4. The van der Waals surface area contributed by atoms with Crippen molar-refractivity contribution in [2.45, 2.75) is 57.5 Å². The molecule has 0 aliphatic carbocycles. The summed E-state index contributed by atoms with van der Waals surface area (Å²) in [5.74, 6) is 0.305. The number of benzene rings is 2. The Bertz CT molecular complexity index is 883. The molecule has 2 unspecified atom stereocenters. The average molecular weight is 416 g/mol. The van der Waals surface area contributed by atoms with Gasteiger partial charge in [0.15, 0.2) is 0 Å². The third-order valence-corrected chi connectivity index (χ3v) is 5.54. The molecule has 0 spiro atoms. The van der Waals surface area contributed by atoms with Crippen LogP contribution in [-0.2, 0) is 20.7 Å². The zero-order valence-corrected chi connectivity index (χ0v) is 18.0. The van der Waals surface area contributed by atoms with E-state index in [2.05, 4.69) is 5.32 Å². The lowest BCUT2D eigenvalue weighted by Crippen LogP contribution is -2.49. The molecule has 162 valence electrons. The molecule has 0 aromatic heterocycles. The van der Waals surface area contributed by atoms with Gasteiger partial charge < -0.3 is 19.5 Å². The Labute approximate surface area is 177 Å². The summed E-state index contributed by atoms with van der Waals surface area (Å²) in [6.07, 6.45) is 2.10. The summed E-state index contributed by atoms with van der Waals surface area (Å²) in [5, 5.41) is 2.63. The van der Waals surface area contributed by atoms with Gasteiger partial charge in [-0.15, -0.1) is 0 Å². The van der Waals surface area contributed by atoms with Crippen LogP contribution < -0.4 is 10.1 Å². The predicted molar refractivity (Wildman–Crippen MR) is 114 cm³/mol. The first-order valence-corrected chi connectivity index (χ1v) is 10.3. The van der Waals surface area contributed by atoms with Crippen molar-refractivity contribution in [3.8, 4) is 16.9 Å². The van der Waals surface area contributed by atoms with Gasteiger partial charge in [-0.1, -0.05) is 18.2 Å². The van der Waals surface area contributed by atoms with Gasteiger partial charge in [-0.2, -0.15) is 0 Å². The lowest BCUT2D eigenvalue weighted by atomic mass is 9.94. The molecule has 0 bridgehead atoms. The van der Waals surface area contributed by atoms with E-state index in [1.807, 2.05) is 38.1 Å². The molecule has 5 nitrogen and oxygen atoms in total. The van der Waals surface area contributed by atoms with Crippen LogP contribution in [0.4, 0.5) is 4.39 Å². The molecule has 2 aromatic carbocycles. The summed E-state index contributed by atoms with van der Waals surface area (Å²) >= 11 is 0. The third-order valence-electron chi connectivity index (χ3n) is 5.54. The molecule has 2 atom stereocenters. The van der Waals surface area contributed by atoms with Crippen molar-refractivity contribution in [2.75, 3.05) is 14.2 Å². The number of carbonyl (C=O) groups excluding carboxylic acids is 1. The first kappa shape index (κ1) is 22.2. The van der Waals surface area contributed by atoms with E-state index in [0.717, 1.165) is 29.5 Å². The molecule has 30 heavy (non-hydrogen) atoms. The van der Waals surface area contributed by atoms with E-state index in [4.69, 9.17) is 14.2 Å². The molecule has 1 N–H and O–H groups in total. The molecule has 1 aliphatic rings. The Morgan fingerprint density at radius 2 is 2.03 bits per heavy atom. The molecule has 1 amide bonds. The second-order valence-electron chi connectivity index (χ2n) is 8.07. The Morgan fingerprint density at radius 3 is 2.70 bits per heavy atom. The van der Waals surface area contributed by atoms with Gasteiger partial charge in [-0.3, -0.25) is 4.79 Å². The van der Waals surface area contributed by atoms with E-state index in [1.165, 1.54) is 12.1 Å². The maximum absolute atomic E-state index is 13.9. The normalized spacial score (nSPS) is 20.6. The molecule has 0 saturated carbocycles. The highest BCUT2D eigenvalue weighted by Gasteiger charge is 2.38. The molecule has 0 radical (unpaired) electrons. The molecule has 1 aliphatic heterocycles. The smallest absolute Gasteiger partial charge is 0.220 e. The number of halogens is 1. The van der Waals surface area contributed by atoms with Crippen LogP contribution in [0.5, 0.6) is 5.75 Å². The van der Waals surface area contributed by atoms with E-state index in [9.17, 15) is 9.18 Å². The monoisotopic (exact) mass is 415 g/mol. The van der Waals surface area contributed by atoms with Gasteiger partial charge in [0.2, 0.25) is 12.2 Å². The number of nitrogens with one attached hydrogen (secondary N) is 1. The fourth-order valence-corrected chi connectivity index (χ4v) is 3.89. The standard InChI is InChI=1S/C24H30FNO4/c1-24(2)21(28-4)11-13-23(30-24)29-19-10-8-16(9-12-22(27)26-3)20(15-19)17-6-5-7-18(25)14-17/h5-8,10,14-15,21,23H,9,11-13H2,1-4H3,(H,26,27). The Balaban J connectivity index is 1.84. The van der Waals surface area contributed by atoms with Crippen LogP contribution in [0.2, 0.25) is 0 Å². The summed E-state index contributed by atoms with van der Waals surface area (Å²) in [6.45, 7) is 3.99. The Kier molecular flexibility index (Phi) is 7.10. The van der Waals surface area contributed by atoms with Crippen LogP contribution in [0.1, 0.15) is 38.7 Å². The summed E-state index contributed by atoms with van der Waals surface area (Å²) in [6, 6.07) is 12.1. The van der Waals surface area contributed by atoms with Crippen LogP contribution in [0, 0.1) is 5.82 Å². The highest BCUT2D eigenvalue weighted by molar-refractivity contribution is 5.77. The maximum atomic E-state index is 13.9. The highest BCUT2D eigenvalue weighted by atomic mass is 19.1. The summed E-state index contributed by atoms with van der Waals surface area (Å²) in [5.41, 5.74) is 2.11. The second kappa shape index (κ2) is 9.58. The van der Waals surface area contributed by atoms with Gasteiger partial charge in [0.1, 0.15) is 11.6 Å². The van der Waals surface area contributed by atoms with E-state index in [1.54, 1.807) is 20.2 Å². The van der Waals surface area contributed by atoms with E-state index < -0.39 is 5.60 Å². The fraction of sp³-hybridized carbons (Fsp3) is 0.458. The summed E-state index contributed by atoms with van der Waals surface area (Å²) < 4.78 is 31.6. The van der Waals surface area contributed by atoms with Crippen LogP contribution in [-0.4, -0.2) is 38.1 Å². The molecule has 1 heterocycles. The van der Waals surface area contributed by atoms with E-state index >= 15 is 0 Å². The summed E-state index contributed by atoms with van der Waals surface area (Å²) in [4.78, 5) is 11.7. The number of rotatable bonds is 7. The van der Waals surface area contributed by atoms with Crippen LogP contribution in [0.3, 0.4) is 0 Å². The lowest BCUT2D eigenvalue weighted by Gasteiger charge is -2.41. The van der Waals surface area contributed by atoms with Gasteiger partial charge >= 0.3 is 0 Å². The van der Waals surface area contributed by atoms with Crippen molar-refractivity contribution in [1.82, 2.24) is 5.32 Å². The first-order chi connectivity index (χ1) is 14.3. The molecule has 1 saturated heterocycles. The van der Waals surface area contributed by atoms with Crippen molar-refractivity contribution in [3.05, 3.63) is 53.8 Å². The minimum atomic E-state index is -0.448. The predicted octanol–water partition coefficient (Wildman–Crippen LogP) is 4.48. The fourth-order valence-electron chi connectivity index (χ4n) is 3.89. The number of carbonyl (C=O) groups is 1. The van der Waals surface area contributed by atoms with Crippen molar-refractivity contribution >= 4 is 5.91 Å². The van der Waals surface area contributed by atoms with Gasteiger partial charge in [-0.05, 0) is 67.6 Å².